The van der Waals surface area contributed by atoms with Gasteiger partial charge in [-0.2, -0.15) is 4.31 Å². The van der Waals surface area contributed by atoms with Crippen LogP contribution in [0.3, 0.4) is 0 Å². The third kappa shape index (κ3) is 3.90. The molecular formula is C11H16BrNO5S. The number of rotatable bonds is 7. The Kier molecular flexibility index (Phi) is 6.21. The third-order valence-electron chi connectivity index (χ3n) is 2.46. The highest BCUT2D eigenvalue weighted by Crippen LogP contribution is 2.28. The molecule has 1 aromatic carbocycles. The molecule has 0 aliphatic rings. The van der Waals surface area contributed by atoms with Crippen LogP contribution in [0.15, 0.2) is 27.6 Å². The molecule has 1 aromatic rings. The maximum atomic E-state index is 12.3. The zero-order valence-electron chi connectivity index (χ0n) is 10.4. The van der Waals surface area contributed by atoms with Gasteiger partial charge in [0, 0.05) is 19.2 Å². The Morgan fingerprint density at radius 3 is 2.32 bits per heavy atom. The van der Waals surface area contributed by atoms with E-state index in [-0.39, 0.29) is 31.2 Å². The summed E-state index contributed by atoms with van der Waals surface area (Å²) >= 11 is 3.24. The fourth-order valence-corrected chi connectivity index (χ4v) is 3.37. The van der Waals surface area contributed by atoms with Crippen molar-refractivity contribution in [2.24, 2.45) is 0 Å². The smallest absolute Gasteiger partial charge is 0.243 e. The Morgan fingerprint density at radius 1 is 1.26 bits per heavy atom. The molecule has 0 saturated heterocycles. The Hall–Kier alpha value is -0.670. The molecule has 108 valence electrons. The number of aliphatic hydroxyl groups excluding tert-OH is 2. The van der Waals surface area contributed by atoms with Gasteiger partial charge in [0.15, 0.2) is 0 Å². The molecule has 0 atom stereocenters. The summed E-state index contributed by atoms with van der Waals surface area (Å²) in [6, 6.07) is 4.40. The minimum atomic E-state index is -3.76. The van der Waals surface area contributed by atoms with Gasteiger partial charge in [0.1, 0.15) is 5.75 Å². The van der Waals surface area contributed by atoms with Crippen molar-refractivity contribution in [3.8, 4) is 5.75 Å². The van der Waals surface area contributed by atoms with Crippen LogP contribution >= 0.6 is 15.9 Å². The van der Waals surface area contributed by atoms with Gasteiger partial charge in [0.25, 0.3) is 0 Å². The van der Waals surface area contributed by atoms with Crippen LogP contribution in [-0.4, -0.2) is 56.3 Å². The number of benzene rings is 1. The first-order valence-corrected chi connectivity index (χ1v) is 7.76. The molecule has 2 N–H and O–H groups in total. The summed E-state index contributed by atoms with van der Waals surface area (Å²) in [5.74, 6) is 0.397. The van der Waals surface area contributed by atoms with E-state index in [0.29, 0.717) is 10.2 Å². The van der Waals surface area contributed by atoms with Gasteiger partial charge in [-0.1, -0.05) is 0 Å². The van der Waals surface area contributed by atoms with Crippen molar-refractivity contribution in [3.05, 3.63) is 22.7 Å². The first-order chi connectivity index (χ1) is 8.97. The van der Waals surface area contributed by atoms with E-state index in [2.05, 4.69) is 15.9 Å². The molecule has 0 fully saturated rings. The van der Waals surface area contributed by atoms with Gasteiger partial charge in [-0.25, -0.2) is 8.42 Å². The summed E-state index contributed by atoms with van der Waals surface area (Å²) in [7, 11) is -2.32. The number of methoxy groups -OCH3 is 1. The molecule has 8 heteroatoms. The van der Waals surface area contributed by atoms with Crippen LogP contribution in [0, 0.1) is 0 Å². The van der Waals surface area contributed by atoms with Gasteiger partial charge in [0.05, 0.1) is 29.7 Å². The maximum Gasteiger partial charge on any atom is 0.243 e. The van der Waals surface area contributed by atoms with Crippen LogP contribution in [0.4, 0.5) is 0 Å². The Labute approximate surface area is 120 Å². The normalized spacial score (nSPS) is 11.8. The zero-order chi connectivity index (χ0) is 14.5. The predicted molar refractivity (Wildman–Crippen MR) is 73.6 cm³/mol. The average Bonchev–Trinajstić information content (AvgIpc) is 2.38. The highest BCUT2D eigenvalue weighted by Gasteiger charge is 2.24. The highest BCUT2D eigenvalue weighted by atomic mass is 79.9. The van der Waals surface area contributed by atoms with Gasteiger partial charge < -0.3 is 14.9 Å². The Bertz CT molecular complexity index is 514. The quantitative estimate of drug-likeness (QED) is 0.742. The lowest BCUT2D eigenvalue weighted by atomic mass is 10.3. The summed E-state index contributed by atoms with van der Waals surface area (Å²) < 4.78 is 31.4. The van der Waals surface area contributed by atoms with Gasteiger partial charge in [-0.05, 0) is 28.1 Å². The van der Waals surface area contributed by atoms with Gasteiger partial charge in [-0.15, -0.1) is 0 Å². The molecule has 0 saturated carbocycles. The molecule has 0 radical (unpaired) electrons. The number of sulfonamides is 1. The van der Waals surface area contributed by atoms with E-state index in [4.69, 9.17) is 14.9 Å². The van der Waals surface area contributed by atoms with Crippen molar-refractivity contribution in [1.29, 1.82) is 0 Å². The topological polar surface area (TPSA) is 87.1 Å². The van der Waals surface area contributed by atoms with E-state index >= 15 is 0 Å². The number of aliphatic hydroxyl groups is 2. The van der Waals surface area contributed by atoms with Crippen LogP contribution in [-0.2, 0) is 10.0 Å². The van der Waals surface area contributed by atoms with Crippen molar-refractivity contribution in [2.75, 3.05) is 33.4 Å². The molecule has 0 unspecified atom stereocenters. The standard InChI is InChI=1S/C11H16BrNO5S/c1-18-11-8-9(2-3-10(11)12)19(16,17)13(4-6-14)5-7-15/h2-3,8,14-15H,4-7H2,1H3. The Balaban J connectivity index is 3.17. The molecule has 0 aliphatic heterocycles. The first-order valence-electron chi connectivity index (χ1n) is 5.52. The molecule has 1 rings (SSSR count). The van der Waals surface area contributed by atoms with Crippen molar-refractivity contribution >= 4 is 26.0 Å². The SMILES string of the molecule is COc1cc(S(=O)(=O)N(CCO)CCO)ccc1Br. The van der Waals surface area contributed by atoms with Gasteiger partial charge in [-0.3, -0.25) is 0 Å². The number of nitrogens with zero attached hydrogens (tertiary/aromatic N) is 1. The third-order valence-corrected chi connectivity index (χ3v) is 5.01. The lowest BCUT2D eigenvalue weighted by molar-refractivity contribution is 0.217. The number of ether oxygens (including phenoxy) is 1. The summed E-state index contributed by atoms with van der Waals surface area (Å²) in [4.78, 5) is 0.0504. The van der Waals surface area contributed by atoms with E-state index in [1.807, 2.05) is 0 Å². The van der Waals surface area contributed by atoms with Crippen molar-refractivity contribution in [1.82, 2.24) is 4.31 Å². The van der Waals surface area contributed by atoms with E-state index < -0.39 is 10.0 Å². The second kappa shape index (κ2) is 7.20. The second-order valence-corrected chi connectivity index (χ2v) is 6.44. The van der Waals surface area contributed by atoms with Crippen LogP contribution < -0.4 is 4.74 Å². The fraction of sp³-hybridized carbons (Fsp3) is 0.455. The molecule has 0 aromatic heterocycles. The van der Waals surface area contributed by atoms with E-state index in [1.54, 1.807) is 6.07 Å². The number of hydrogen-bond donors (Lipinski definition) is 2. The van der Waals surface area contributed by atoms with Crippen molar-refractivity contribution in [3.63, 3.8) is 0 Å². The molecule has 0 heterocycles. The largest absolute Gasteiger partial charge is 0.496 e. The predicted octanol–water partition coefficient (Wildman–Crippen LogP) is 0.433. The van der Waals surface area contributed by atoms with E-state index in [1.165, 1.54) is 19.2 Å². The van der Waals surface area contributed by atoms with E-state index in [9.17, 15) is 8.42 Å². The van der Waals surface area contributed by atoms with Crippen LogP contribution in [0.5, 0.6) is 5.75 Å². The van der Waals surface area contributed by atoms with Crippen molar-refractivity contribution < 1.29 is 23.4 Å². The average molecular weight is 354 g/mol. The summed E-state index contributed by atoms with van der Waals surface area (Å²) in [6.45, 7) is -0.762. The molecule has 6 nitrogen and oxygen atoms in total. The van der Waals surface area contributed by atoms with Crippen LogP contribution in [0.1, 0.15) is 0 Å². The summed E-state index contributed by atoms with van der Waals surface area (Å²) in [5.41, 5.74) is 0. The number of halogens is 1. The van der Waals surface area contributed by atoms with Gasteiger partial charge in [0.2, 0.25) is 10.0 Å². The monoisotopic (exact) mass is 353 g/mol. The molecule has 0 bridgehead atoms. The first kappa shape index (κ1) is 16.4. The highest BCUT2D eigenvalue weighted by molar-refractivity contribution is 9.10. The van der Waals surface area contributed by atoms with E-state index in [0.717, 1.165) is 4.31 Å². The second-order valence-electron chi connectivity index (χ2n) is 3.65. The minimum absolute atomic E-state index is 0.0504. The lowest BCUT2D eigenvalue weighted by Gasteiger charge is -2.20. The van der Waals surface area contributed by atoms with Crippen LogP contribution in [0.2, 0.25) is 0 Å². The molecule has 19 heavy (non-hydrogen) atoms. The summed E-state index contributed by atoms with van der Waals surface area (Å²) in [5, 5.41) is 17.8. The zero-order valence-corrected chi connectivity index (χ0v) is 12.8. The fourth-order valence-electron chi connectivity index (χ4n) is 1.52. The molecular weight excluding hydrogens is 338 g/mol. The molecule has 0 amide bonds. The molecule has 0 spiro atoms. The van der Waals surface area contributed by atoms with Crippen LogP contribution in [0.25, 0.3) is 0 Å². The lowest BCUT2D eigenvalue weighted by Crippen LogP contribution is -2.35. The van der Waals surface area contributed by atoms with Gasteiger partial charge >= 0.3 is 0 Å². The minimum Gasteiger partial charge on any atom is -0.496 e. The van der Waals surface area contributed by atoms with Crippen molar-refractivity contribution in [2.45, 2.75) is 4.90 Å². The summed E-state index contributed by atoms with van der Waals surface area (Å²) in [6.07, 6.45) is 0. The Morgan fingerprint density at radius 2 is 1.84 bits per heavy atom. The number of hydrogen-bond acceptors (Lipinski definition) is 5. The maximum absolute atomic E-state index is 12.3. The molecule has 0 aliphatic carbocycles.